The minimum absolute atomic E-state index is 0.0135. The maximum atomic E-state index is 11.0. The zero-order valence-corrected chi connectivity index (χ0v) is 9.13. The second kappa shape index (κ2) is 4.75. The number of methoxy groups -OCH3 is 1. The van der Waals surface area contributed by atoms with Gasteiger partial charge in [0, 0.05) is 40.1 Å². The van der Waals surface area contributed by atoms with Crippen LogP contribution in [0, 0.1) is 0 Å². The predicted octanol–water partition coefficient (Wildman–Crippen LogP) is 0.707. The highest BCUT2D eigenvalue weighted by molar-refractivity contribution is 5.73. The Morgan fingerprint density at radius 1 is 1.50 bits per heavy atom. The molecule has 0 aliphatic carbocycles. The summed E-state index contributed by atoms with van der Waals surface area (Å²) in [5, 5.41) is 2.88. The lowest BCUT2D eigenvalue weighted by molar-refractivity contribution is -0.129. The molecular weight excluding hydrogens is 182 g/mol. The van der Waals surface area contributed by atoms with Gasteiger partial charge in [0.2, 0.25) is 5.91 Å². The Labute approximate surface area is 85.0 Å². The minimum atomic E-state index is -0.246. The highest BCUT2D eigenvalue weighted by Gasteiger charge is 2.38. The first-order valence-corrected chi connectivity index (χ1v) is 5.01. The summed E-state index contributed by atoms with van der Waals surface area (Å²) in [7, 11) is 1.70. The zero-order chi connectivity index (χ0) is 10.6. The summed E-state index contributed by atoms with van der Waals surface area (Å²) in [6.07, 6.45) is 1.68. The number of ether oxygens (including phenoxy) is 2. The van der Waals surface area contributed by atoms with Crippen LogP contribution in [0.5, 0.6) is 0 Å². The first kappa shape index (κ1) is 11.5. The smallest absolute Gasteiger partial charge is 0.217 e. The molecule has 1 fully saturated rings. The summed E-state index contributed by atoms with van der Waals surface area (Å²) in [6, 6.07) is 0.0360. The SMILES string of the molecule is COC1(C(C)NC(C)=O)CCOCC1. The van der Waals surface area contributed by atoms with Crippen LogP contribution in [0.25, 0.3) is 0 Å². The van der Waals surface area contributed by atoms with Crippen molar-refractivity contribution in [2.24, 2.45) is 0 Å². The second-order valence-electron chi connectivity index (χ2n) is 3.80. The summed E-state index contributed by atoms with van der Waals surface area (Å²) >= 11 is 0. The first-order valence-electron chi connectivity index (χ1n) is 5.01. The van der Waals surface area contributed by atoms with Crippen LogP contribution in [0.3, 0.4) is 0 Å². The van der Waals surface area contributed by atoms with E-state index in [1.807, 2.05) is 6.92 Å². The molecule has 82 valence electrons. The van der Waals surface area contributed by atoms with Gasteiger partial charge >= 0.3 is 0 Å². The van der Waals surface area contributed by atoms with E-state index in [1.54, 1.807) is 7.11 Å². The molecular formula is C10H19NO3. The van der Waals surface area contributed by atoms with Crippen LogP contribution in [0.1, 0.15) is 26.7 Å². The number of rotatable bonds is 3. The Morgan fingerprint density at radius 2 is 2.07 bits per heavy atom. The molecule has 1 unspecified atom stereocenters. The average molecular weight is 201 g/mol. The monoisotopic (exact) mass is 201 g/mol. The van der Waals surface area contributed by atoms with Crippen LogP contribution in [0.15, 0.2) is 0 Å². The summed E-state index contributed by atoms with van der Waals surface area (Å²) in [6.45, 7) is 4.92. The molecule has 1 N–H and O–H groups in total. The molecule has 1 amide bonds. The van der Waals surface area contributed by atoms with Crippen LogP contribution >= 0.6 is 0 Å². The third-order valence-electron chi connectivity index (χ3n) is 2.95. The van der Waals surface area contributed by atoms with E-state index >= 15 is 0 Å². The number of amides is 1. The molecule has 4 heteroatoms. The predicted molar refractivity (Wildman–Crippen MR) is 53.1 cm³/mol. The Hall–Kier alpha value is -0.610. The van der Waals surface area contributed by atoms with Gasteiger partial charge in [0.1, 0.15) is 0 Å². The van der Waals surface area contributed by atoms with Crippen LogP contribution in [-0.4, -0.2) is 37.9 Å². The van der Waals surface area contributed by atoms with Gasteiger partial charge in [-0.3, -0.25) is 4.79 Å². The van der Waals surface area contributed by atoms with Gasteiger partial charge in [-0.25, -0.2) is 0 Å². The molecule has 0 saturated carbocycles. The maximum absolute atomic E-state index is 11.0. The molecule has 4 nitrogen and oxygen atoms in total. The number of nitrogens with one attached hydrogen (secondary N) is 1. The maximum Gasteiger partial charge on any atom is 0.217 e. The van der Waals surface area contributed by atoms with Gasteiger partial charge in [0.25, 0.3) is 0 Å². The quantitative estimate of drug-likeness (QED) is 0.731. The van der Waals surface area contributed by atoms with Crippen LogP contribution in [0.2, 0.25) is 0 Å². The van der Waals surface area contributed by atoms with Gasteiger partial charge in [0.15, 0.2) is 0 Å². The topological polar surface area (TPSA) is 47.6 Å². The normalized spacial score (nSPS) is 22.8. The molecule has 1 saturated heterocycles. The largest absolute Gasteiger partial charge is 0.381 e. The van der Waals surface area contributed by atoms with E-state index in [0.717, 1.165) is 12.8 Å². The van der Waals surface area contributed by atoms with E-state index in [9.17, 15) is 4.79 Å². The molecule has 1 rings (SSSR count). The van der Waals surface area contributed by atoms with Crippen molar-refractivity contribution < 1.29 is 14.3 Å². The van der Waals surface area contributed by atoms with Crippen molar-refractivity contribution in [3.63, 3.8) is 0 Å². The molecule has 0 spiro atoms. The highest BCUT2D eigenvalue weighted by atomic mass is 16.5. The van der Waals surface area contributed by atoms with Gasteiger partial charge in [-0.05, 0) is 6.92 Å². The van der Waals surface area contributed by atoms with E-state index in [-0.39, 0.29) is 17.6 Å². The molecule has 0 aromatic rings. The van der Waals surface area contributed by atoms with Gasteiger partial charge < -0.3 is 14.8 Å². The fourth-order valence-electron chi connectivity index (χ4n) is 1.97. The summed E-state index contributed by atoms with van der Waals surface area (Å²) < 4.78 is 10.8. The van der Waals surface area contributed by atoms with E-state index in [0.29, 0.717) is 13.2 Å². The third kappa shape index (κ3) is 2.45. The van der Waals surface area contributed by atoms with E-state index in [2.05, 4.69) is 5.32 Å². The molecule has 0 aromatic heterocycles. The van der Waals surface area contributed by atoms with Crippen molar-refractivity contribution >= 4 is 5.91 Å². The van der Waals surface area contributed by atoms with Gasteiger partial charge in [-0.15, -0.1) is 0 Å². The number of carbonyl (C=O) groups is 1. The van der Waals surface area contributed by atoms with Gasteiger partial charge in [-0.2, -0.15) is 0 Å². The molecule has 1 aliphatic heterocycles. The summed E-state index contributed by atoms with van der Waals surface area (Å²) in [5.41, 5.74) is -0.246. The van der Waals surface area contributed by atoms with Gasteiger partial charge in [0.05, 0.1) is 11.6 Å². The third-order valence-corrected chi connectivity index (χ3v) is 2.95. The van der Waals surface area contributed by atoms with E-state index < -0.39 is 0 Å². The number of hydrogen-bond acceptors (Lipinski definition) is 3. The molecule has 1 atom stereocenters. The molecule has 1 heterocycles. The van der Waals surface area contributed by atoms with E-state index in [1.165, 1.54) is 6.92 Å². The molecule has 1 aliphatic rings. The lowest BCUT2D eigenvalue weighted by Crippen LogP contribution is -2.54. The lowest BCUT2D eigenvalue weighted by atomic mass is 9.87. The number of hydrogen-bond donors (Lipinski definition) is 1. The van der Waals surface area contributed by atoms with Crippen molar-refractivity contribution in [3.8, 4) is 0 Å². The Morgan fingerprint density at radius 3 is 2.50 bits per heavy atom. The fraction of sp³-hybridized carbons (Fsp3) is 0.900. The van der Waals surface area contributed by atoms with Crippen LogP contribution in [-0.2, 0) is 14.3 Å². The number of carbonyl (C=O) groups excluding carboxylic acids is 1. The standard InChI is InChI=1S/C10H19NO3/c1-8(11-9(2)12)10(13-3)4-6-14-7-5-10/h8H,4-7H2,1-3H3,(H,11,12). The van der Waals surface area contributed by atoms with E-state index in [4.69, 9.17) is 9.47 Å². The Balaban J connectivity index is 2.61. The molecule has 14 heavy (non-hydrogen) atoms. The van der Waals surface area contributed by atoms with Crippen LogP contribution in [0.4, 0.5) is 0 Å². The van der Waals surface area contributed by atoms with Crippen molar-refractivity contribution in [2.45, 2.75) is 38.3 Å². The van der Waals surface area contributed by atoms with Gasteiger partial charge in [-0.1, -0.05) is 0 Å². The molecule has 0 radical (unpaired) electrons. The average Bonchev–Trinajstić information content (AvgIpc) is 2.18. The van der Waals surface area contributed by atoms with Crippen molar-refractivity contribution in [3.05, 3.63) is 0 Å². The zero-order valence-electron chi connectivity index (χ0n) is 9.13. The molecule has 0 aromatic carbocycles. The fourth-order valence-corrected chi connectivity index (χ4v) is 1.97. The van der Waals surface area contributed by atoms with Crippen molar-refractivity contribution in [2.75, 3.05) is 20.3 Å². The Bertz CT molecular complexity index is 200. The van der Waals surface area contributed by atoms with Crippen molar-refractivity contribution in [1.82, 2.24) is 5.32 Å². The summed E-state index contributed by atoms with van der Waals surface area (Å²) in [4.78, 5) is 11.0. The van der Waals surface area contributed by atoms with Crippen molar-refractivity contribution in [1.29, 1.82) is 0 Å². The first-order chi connectivity index (χ1) is 6.60. The molecule has 0 bridgehead atoms. The lowest BCUT2D eigenvalue weighted by Gasteiger charge is -2.40. The summed E-state index contributed by atoms with van der Waals surface area (Å²) in [5.74, 6) is -0.0135. The van der Waals surface area contributed by atoms with Crippen LogP contribution < -0.4 is 5.32 Å². The Kier molecular flexibility index (Phi) is 3.89. The highest BCUT2D eigenvalue weighted by Crippen LogP contribution is 2.27. The minimum Gasteiger partial charge on any atom is -0.381 e. The second-order valence-corrected chi connectivity index (χ2v) is 3.80.